The van der Waals surface area contributed by atoms with Gasteiger partial charge < -0.3 is 15.2 Å². The van der Waals surface area contributed by atoms with E-state index in [1.807, 2.05) is 30.3 Å². The number of hydrogen-bond acceptors (Lipinski definition) is 3. The van der Waals surface area contributed by atoms with Crippen LogP contribution in [0.4, 0.5) is 8.78 Å². The second-order valence-corrected chi connectivity index (χ2v) is 4.83. The molecule has 2 aromatic carbocycles. The molecule has 0 heterocycles. The first kappa shape index (κ1) is 16.9. The lowest BCUT2D eigenvalue weighted by Gasteiger charge is -2.19. The molecular weight excluding hydrogens is 304 g/mol. The Morgan fingerprint density at radius 3 is 2.57 bits per heavy atom. The minimum atomic E-state index is -1.48. The summed E-state index contributed by atoms with van der Waals surface area (Å²) in [6.07, 6.45) is -1.48. The maximum atomic E-state index is 14.0. The molecule has 0 aliphatic carbocycles. The van der Waals surface area contributed by atoms with Crippen molar-refractivity contribution >= 4 is 5.91 Å². The highest BCUT2D eigenvalue weighted by Crippen LogP contribution is 2.29. The van der Waals surface area contributed by atoms with Gasteiger partial charge in [-0.25, -0.2) is 8.78 Å². The minimum Gasteiger partial charge on any atom is -0.505 e. The lowest BCUT2D eigenvalue weighted by molar-refractivity contribution is -0.133. The molecule has 1 amide bonds. The van der Waals surface area contributed by atoms with Crippen molar-refractivity contribution in [1.82, 2.24) is 5.32 Å². The first-order valence-corrected chi connectivity index (χ1v) is 7.14. The molecule has 0 fully saturated rings. The van der Waals surface area contributed by atoms with E-state index in [2.05, 4.69) is 5.32 Å². The summed E-state index contributed by atoms with van der Waals surface area (Å²) in [6, 6.07) is 10.9. The predicted octanol–water partition coefficient (Wildman–Crippen LogP) is 3.06. The lowest BCUT2D eigenvalue weighted by atomic mass is 10.1. The lowest BCUT2D eigenvalue weighted by Crippen LogP contribution is -2.31. The molecule has 1 unspecified atom stereocenters. The number of amides is 1. The van der Waals surface area contributed by atoms with E-state index in [1.54, 1.807) is 6.92 Å². The summed E-state index contributed by atoms with van der Waals surface area (Å²) in [6.45, 7) is 1.89. The van der Waals surface area contributed by atoms with Crippen LogP contribution in [0.5, 0.6) is 5.75 Å². The third-order valence-corrected chi connectivity index (χ3v) is 3.25. The first-order chi connectivity index (χ1) is 11.0. The smallest absolute Gasteiger partial charge is 0.254 e. The number of ether oxygens (including phenoxy) is 1. The van der Waals surface area contributed by atoms with Crippen molar-refractivity contribution in [3.63, 3.8) is 0 Å². The van der Waals surface area contributed by atoms with Crippen LogP contribution in [0.25, 0.3) is 0 Å². The highest BCUT2D eigenvalue weighted by atomic mass is 19.1. The third kappa shape index (κ3) is 4.04. The van der Waals surface area contributed by atoms with Crippen molar-refractivity contribution in [2.45, 2.75) is 19.6 Å². The molecule has 0 bridgehead atoms. The van der Waals surface area contributed by atoms with Gasteiger partial charge in [0.15, 0.2) is 17.7 Å². The van der Waals surface area contributed by atoms with Crippen LogP contribution < -0.4 is 5.32 Å². The SMILES string of the molecule is CCOC(C(=O)NCc1ccccc1)c1c(F)ccc(O)c1F. The monoisotopic (exact) mass is 321 g/mol. The van der Waals surface area contributed by atoms with Gasteiger partial charge in [-0.15, -0.1) is 0 Å². The summed E-state index contributed by atoms with van der Waals surface area (Å²) < 4.78 is 33.1. The van der Waals surface area contributed by atoms with Crippen molar-refractivity contribution in [2.24, 2.45) is 0 Å². The molecule has 2 aromatic rings. The van der Waals surface area contributed by atoms with E-state index in [0.29, 0.717) is 0 Å². The number of carbonyl (C=O) groups is 1. The standard InChI is InChI=1S/C17H17F2NO3/c1-2-23-16(14-12(18)8-9-13(21)15(14)19)17(22)20-10-11-6-4-3-5-7-11/h3-9,16,21H,2,10H2,1H3,(H,20,22). The van der Waals surface area contributed by atoms with E-state index in [9.17, 15) is 18.7 Å². The predicted molar refractivity (Wildman–Crippen MR) is 80.7 cm³/mol. The largest absolute Gasteiger partial charge is 0.505 e. The molecule has 122 valence electrons. The number of hydrogen-bond donors (Lipinski definition) is 2. The van der Waals surface area contributed by atoms with Crippen molar-refractivity contribution in [2.75, 3.05) is 6.61 Å². The van der Waals surface area contributed by atoms with Crippen LogP contribution in [0.15, 0.2) is 42.5 Å². The fourth-order valence-electron chi connectivity index (χ4n) is 2.13. The molecule has 23 heavy (non-hydrogen) atoms. The van der Waals surface area contributed by atoms with Gasteiger partial charge in [0.1, 0.15) is 5.82 Å². The average molecular weight is 321 g/mol. The third-order valence-electron chi connectivity index (χ3n) is 3.25. The second-order valence-electron chi connectivity index (χ2n) is 4.83. The van der Waals surface area contributed by atoms with E-state index in [1.165, 1.54) is 0 Å². The van der Waals surface area contributed by atoms with Gasteiger partial charge in [-0.05, 0) is 24.6 Å². The number of aromatic hydroxyl groups is 1. The highest BCUT2D eigenvalue weighted by molar-refractivity contribution is 5.82. The molecular formula is C17H17F2NO3. The summed E-state index contributed by atoms with van der Waals surface area (Å²) in [5.41, 5.74) is 0.241. The quantitative estimate of drug-likeness (QED) is 0.860. The topological polar surface area (TPSA) is 58.6 Å². The van der Waals surface area contributed by atoms with Crippen LogP contribution in [-0.4, -0.2) is 17.6 Å². The molecule has 0 saturated heterocycles. The van der Waals surface area contributed by atoms with Crippen molar-refractivity contribution < 1.29 is 23.4 Å². The van der Waals surface area contributed by atoms with Crippen LogP contribution in [0.1, 0.15) is 24.2 Å². The Morgan fingerprint density at radius 1 is 1.22 bits per heavy atom. The van der Waals surface area contributed by atoms with Crippen LogP contribution in [0, 0.1) is 11.6 Å². The van der Waals surface area contributed by atoms with Gasteiger partial charge >= 0.3 is 0 Å². The van der Waals surface area contributed by atoms with Gasteiger partial charge in [0.25, 0.3) is 5.91 Å². The van der Waals surface area contributed by atoms with Crippen molar-refractivity contribution in [3.8, 4) is 5.75 Å². The highest BCUT2D eigenvalue weighted by Gasteiger charge is 2.29. The Labute approximate surface area is 132 Å². The van der Waals surface area contributed by atoms with Gasteiger partial charge in [0.2, 0.25) is 0 Å². The van der Waals surface area contributed by atoms with Crippen LogP contribution in [0.2, 0.25) is 0 Å². The second kappa shape index (κ2) is 7.69. The Kier molecular flexibility index (Phi) is 5.65. The Balaban J connectivity index is 2.21. The van der Waals surface area contributed by atoms with Crippen LogP contribution in [-0.2, 0) is 16.1 Å². The fraction of sp³-hybridized carbons (Fsp3) is 0.235. The molecule has 2 rings (SSSR count). The minimum absolute atomic E-state index is 0.0813. The summed E-state index contributed by atoms with van der Waals surface area (Å²) in [7, 11) is 0. The number of carbonyl (C=O) groups excluding carboxylic acids is 1. The Hall–Kier alpha value is -2.47. The van der Waals surface area contributed by atoms with E-state index in [-0.39, 0.29) is 13.2 Å². The van der Waals surface area contributed by atoms with Crippen molar-refractivity contribution in [1.29, 1.82) is 0 Å². The summed E-state index contributed by atoms with van der Waals surface area (Å²) >= 11 is 0. The first-order valence-electron chi connectivity index (χ1n) is 7.14. The summed E-state index contributed by atoms with van der Waals surface area (Å²) in [4.78, 5) is 12.3. The van der Waals surface area contributed by atoms with E-state index >= 15 is 0 Å². The molecule has 0 saturated carbocycles. The molecule has 6 heteroatoms. The number of nitrogens with one attached hydrogen (secondary N) is 1. The van der Waals surface area contributed by atoms with E-state index in [0.717, 1.165) is 17.7 Å². The number of rotatable bonds is 6. The zero-order chi connectivity index (χ0) is 16.8. The molecule has 0 aliphatic heterocycles. The molecule has 0 radical (unpaired) electrons. The Bertz CT molecular complexity index is 677. The van der Waals surface area contributed by atoms with Crippen molar-refractivity contribution in [3.05, 3.63) is 65.2 Å². The molecule has 0 aliphatic rings. The molecule has 2 N–H and O–H groups in total. The maximum absolute atomic E-state index is 14.0. The summed E-state index contributed by atoms with van der Waals surface area (Å²) in [5.74, 6) is -3.56. The molecule has 0 aromatic heterocycles. The van der Waals surface area contributed by atoms with E-state index in [4.69, 9.17) is 4.74 Å². The van der Waals surface area contributed by atoms with Gasteiger partial charge in [-0.2, -0.15) is 0 Å². The normalized spacial score (nSPS) is 12.0. The Morgan fingerprint density at radius 2 is 1.91 bits per heavy atom. The fourth-order valence-corrected chi connectivity index (χ4v) is 2.13. The van der Waals surface area contributed by atoms with E-state index < -0.39 is 35.0 Å². The molecule has 4 nitrogen and oxygen atoms in total. The zero-order valence-corrected chi connectivity index (χ0v) is 12.6. The number of phenols is 1. The molecule has 0 spiro atoms. The number of phenolic OH excluding ortho intramolecular Hbond substituents is 1. The van der Waals surface area contributed by atoms with Crippen LogP contribution in [0.3, 0.4) is 0 Å². The summed E-state index contributed by atoms with van der Waals surface area (Å²) in [5, 5.41) is 12.0. The van der Waals surface area contributed by atoms with Crippen LogP contribution >= 0.6 is 0 Å². The number of benzene rings is 2. The zero-order valence-electron chi connectivity index (χ0n) is 12.6. The molecule has 1 atom stereocenters. The van der Waals surface area contributed by atoms with Gasteiger partial charge in [0, 0.05) is 13.2 Å². The number of halogens is 2. The van der Waals surface area contributed by atoms with Gasteiger partial charge in [0.05, 0.1) is 5.56 Å². The van der Waals surface area contributed by atoms with Gasteiger partial charge in [-0.1, -0.05) is 30.3 Å². The maximum Gasteiger partial charge on any atom is 0.254 e. The van der Waals surface area contributed by atoms with Gasteiger partial charge in [-0.3, -0.25) is 4.79 Å². The average Bonchev–Trinajstić information content (AvgIpc) is 2.56.